The van der Waals surface area contributed by atoms with Crippen LogP contribution in [0.15, 0.2) is 18.2 Å². The maximum absolute atomic E-state index is 12.5. The number of rotatable bonds is 4. The van der Waals surface area contributed by atoms with Gasteiger partial charge in [-0.25, -0.2) is 4.79 Å². The van der Waals surface area contributed by atoms with Gasteiger partial charge in [0.1, 0.15) is 0 Å². The van der Waals surface area contributed by atoms with Gasteiger partial charge in [0, 0.05) is 6.92 Å². The molecule has 1 aromatic carbocycles. The second-order valence-corrected chi connectivity index (χ2v) is 4.02. The van der Waals surface area contributed by atoms with Crippen molar-refractivity contribution in [3.8, 4) is 0 Å². The number of alkyl halides is 3. The summed E-state index contributed by atoms with van der Waals surface area (Å²) in [5, 5.41) is 13.2. The fourth-order valence-electron chi connectivity index (χ4n) is 1.41. The van der Waals surface area contributed by atoms with Crippen molar-refractivity contribution in [1.82, 2.24) is 5.32 Å². The summed E-state index contributed by atoms with van der Waals surface area (Å²) in [7, 11) is 0. The molecule has 1 aromatic rings. The summed E-state index contributed by atoms with van der Waals surface area (Å²) >= 11 is 0. The molecule has 0 heterocycles. The van der Waals surface area contributed by atoms with Crippen molar-refractivity contribution in [3.63, 3.8) is 0 Å². The van der Waals surface area contributed by atoms with Crippen molar-refractivity contribution in [3.05, 3.63) is 29.3 Å². The number of aromatic carboxylic acids is 1. The average molecular weight is 304 g/mol. The fourth-order valence-corrected chi connectivity index (χ4v) is 1.41. The summed E-state index contributed by atoms with van der Waals surface area (Å²) in [5.41, 5.74) is -2.12. The number of carboxylic acid groups (broad SMARTS) is 1. The minimum absolute atomic E-state index is 0.286. The van der Waals surface area contributed by atoms with Crippen LogP contribution >= 0.6 is 0 Å². The van der Waals surface area contributed by atoms with Crippen LogP contribution in [0.4, 0.5) is 18.9 Å². The lowest BCUT2D eigenvalue weighted by Gasteiger charge is -2.12. The number of carbonyl (C=O) groups is 3. The van der Waals surface area contributed by atoms with E-state index in [0.717, 1.165) is 6.07 Å². The summed E-state index contributed by atoms with van der Waals surface area (Å²) in [6.45, 7) is 0.753. The Hall–Kier alpha value is -2.58. The Bertz CT molecular complexity index is 584. The van der Waals surface area contributed by atoms with Gasteiger partial charge in [-0.05, 0) is 18.2 Å². The third-order valence-electron chi connectivity index (χ3n) is 2.35. The predicted octanol–water partition coefficient (Wildman–Crippen LogP) is 1.48. The van der Waals surface area contributed by atoms with Crippen LogP contribution in [0.2, 0.25) is 0 Å². The first kappa shape index (κ1) is 16.5. The van der Waals surface area contributed by atoms with E-state index >= 15 is 0 Å². The summed E-state index contributed by atoms with van der Waals surface area (Å²) in [6, 6.07) is 1.93. The van der Waals surface area contributed by atoms with E-state index in [9.17, 15) is 27.6 Å². The molecular weight excluding hydrogens is 293 g/mol. The maximum Gasteiger partial charge on any atom is 0.416 e. The third kappa shape index (κ3) is 4.79. The minimum atomic E-state index is -4.69. The standard InChI is InChI=1S/C12H11F3N2O4/c1-6(18)16-5-10(19)17-9-3-2-7(12(13,14)15)4-8(9)11(20)21/h2-4H,5H2,1H3,(H,16,18)(H,17,19)(H,20,21). The van der Waals surface area contributed by atoms with E-state index in [2.05, 4.69) is 10.6 Å². The number of amides is 2. The summed E-state index contributed by atoms with van der Waals surface area (Å²) in [6.07, 6.45) is -4.69. The molecule has 0 bridgehead atoms. The Morgan fingerprint density at radius 3 is 2.33 bits per heavy atom. The molecule has 114 valence electrons. The SMILES string of the molecule is CC(=O)NCC(=O)Nc1ccc(C(F)(F)F)cc1C(=O)O. The first-order chi connectivity index (χ1) is 9.61. The molecule has 0 spiro atoms. The van der Waals surface area contributed by atoms with Crippen LogP contribution in [0.5, 0.6) is 0 Å². The Morgan fingerprint density at radius 1 is 1.24 bits per heavy atom. The second kappa shape index (κ2) is 6.25. The van der Waals surface area contributed by atoms with E-state index in [1.54, 1.807) is 0 Å². The van der Waals surface area contributed by atoms with Gasteiger partial charge in [-0.15, -0.1) is 0 Å². The highest BCUT2D eigenvalue weighted by atomic mass is 19.4. The van der Waals surface area contributed by atoms with E-state index < -0.39 is 41.6 Å². The van der Waals surface area contributed by atoms with Gasteiger partial charge in [-0.2, -0.15) is 13.2 Å². The molecule has 2 amide bonds. The molecule has 0 saturated heterocycles. The van der Waals surface area contributed by atoms with Crippen LogP contribution in [0.25, 0.3) is 0 Å². The first-order valence-electron chi connectivity index (χ1n) is 5.60. The lowest BCUT2D eigenvalue weighted by Crippen LogP contribution is -2.31. The number of carbonyl (C=O) groups excluding carboxylic acids is 2. The number of halogens is 3. The maximum atomic E-state index is 12.5. The van der Waals surface area contributed by atoms with E-state index in [1.165, 1.54) is 6.92 Å². The average Bonchev–Trinajstić information content (AvgIpc) is 2.35. The van der Waals surface area contributed by atoms with Crippen LogP contribution in [-0.4, -0.2) is 29.4 Å². The quantitative estimate of drug-likeness (QED) is 0.785. The Balaban J connectivity index is 3.00. The monoisotopic (exact) mass is 304 g/mol. The third-order valence-corrected chi connectivity index (χ3v) is 2.35. The lowest BCUT2D eigenvalue weighted by atomic mass is 10.1. The molecule has 0 aliphatic heterocycles. The highest BCUT2D eigenvalue weighted by molar-refractivity contribution is 6.01. The zero-order valence-electron chi connectivity index (χ0n) is 10.7. The van der Waals surface area contributed by atoms with Crippen LogP contribution < -0.4 is 10.6 Å². The Morgan fingerprint density at radius 2 is 1.86 bits per heavy atom. The normalized spacial score (nSPS) is 10.9. The van der Waals surface area contributed by atoms with Gasteiger partial charge in [0.2, 0.25) is 11.8 Å². The smallest absolute Gasteiger partial charge is 0.416 e. The van der Waals surface area contributed by atoms with Crippen LogP contribution in [0.1, 0.15) is 22.8 Å². The van der Waals surface area contributed by atoms with Gasteiger partial charge in [-0.1, -0.05) is 0 Å². The molecule has 0 aliphatic carbocycles. The summed E-state index contributed by atoms with van der Waals surface area (Å²) in [5.74, 6) is -2.85. The zero-order chi connectivity index (χ0) is 16.2. The summed E-state index contributed by atoms with van der Waals surface area (Å²) < 4.78 is 37.5. The van der Waals surface area contributed by atoms with Gasteiger partial charge >= 0.3 is 12.1 Å². The van der Waals surface area contributed by atoms with Gasteiger partial charge in [0.25, 0.3) is 0 Å². The van der Waals surface area contributed by atoms with E-state index in [1.807, 2.05) is 0 Å². The number of hydrogen-bond donors (Lipinski definition) is 3. The second-order valence-electron chi connectivity index (χ2n) is 4.02. The topological polar surface area (TPSA) is 95.5 Å². The molecule has 0 fully saturated rings. The predicted molar refractivity (Wildman–Crippen MR) is 65.7 cm³/mol. The molecule has 9 heteroatoms. The molecular formula is C12H11F3N2O4. The molecule has 21 heavy (non-hydrogen) atoms. The van der Waals surface area contributed by atoms with Crippen molar-refractivity contribution in [2.24, 2.45) is 0 Å². The van der Waals surface area contributed by atoms with Gasteiger partial charge in [-0.3, -0.25) is 9.59 Å². The fraction of sp³-hybridized carbons (Fsp3) is 0.250. The van der Waals surface area contributed by atoms with Gasteiger partial charge in [0.05, 0.1) is 23.4 Å². The lowest BCUT2D eigenvalue weighted by molar-refractivity contribution is -0.137. The van der Waals surface area contributed by atoms with Crippen molar-refractivity contribution < 1.29 is 32.7 Å². The Labute approximate surface area is 116 Å². The molecule has 0 aromatic heterocycles. The molecule has 3 N–H and O–H groups in total. The first-order valence-corrected chi connectivity index (χ1v) is 5.60. The number of anilines is 1. The van der Waals surface area contributed by atoms with E-state index in [0.29, 0.717) is 12.1 Å². The highest BCUT2D eigenvalue weighted by Crippen LogP contribution is 2.31. The largest absolute Gasteiger partial charge is 0.478 e. The van der Waals surface area contributed by atoms with Crippen LogP contribution in [0, 0.1) is 0 Å². The summed E-state index contributed by atoms with van der Waals surface area (Å²) in [4.78, 5) is 33.0. The molecule has 0 radical (unpaired) electrons. The molecule has 0 saturated carbocycles. The molecule has 0 unspecified atom stereocenters. The number of benzene rings is 1. The van der Waals surface area contributed by atoms with E-state index in [4.69, 9.17) is 5.11 Å². The van der Waals surface area contributed by atoms with Gasteiger partial charge < -0.3 is 15.7 Å². The molecule has 6 nitrogen and oxygen atoms in total. The number of carboxylic acids is 1. The number of hydrogen-bond acceptors (Lipinski definition) is 3. The van der Waals surface area contributed by atoms with Crippen molar-refractivity contribution in [2.45, 2.75) is 13.1 Å². The number of nitrogens with one attached hydrogen (secondary N) is 2. The van der Waals surface area contributed by atoms with Gasteiger partial charge in [0.15, 0.2) is 0 Å². The van der Waals surface area contributed by atoms with Crippen LogP contribution in [-0.2, 0) is 15.8 Å². The molecule has 0 atom stereocenters. The van der Waals surface area contributed by atoms with Crippen molar-refractivity contribution in [1.29, 1.82) is 0 Å². The van der Waals surface area contributed by atoms with E-state index in [-0.39, 0.29) is 5.69 Å². The highest BCUT2D eigenvalue weighted by Gasteiger charge is 2.32. The zero-order valence-corrected chi connectivity index (χ0v) is 10.7. The van der Waals surface area contributed by atoms with Crippen molar-refractivity contribution >= 4 is 23.5 Å². The minimum Gasteiger partial charge on any atom is -0.478 e. The van der Waals surface area contributed by atoms with Crippen molar-refractivity contribution in [2.75, 3.05) is 11.9 Å². The molecule has 0 aliphatic rings. The van der Waals surface area contributed by atoms with Crippen LogP contribution in [0.3, 0.4) is 0 Å². The Kier molecular flexibility index (Phi) is 4.90. The molecule has 1 rings (SSSR count).